The van der Waals surface area contributed by atoms with Gasteiger partial charge in [0, 0.05) is 13.1 Å². The fourth-order valence-corrected chi connectivity index (χ4v) is 1.74. The zero-order valence-corrected chi connectivity index (χ0v) is 8.94. The Labute approximate surface area is 96.8 Å². The Morgan fingerprint density at radius 3 is 2.82 bits per heavy atom. The number of nitrogens with one attached hydrogen (secondary N) is 1. The molecular formula is C11H11FN2O3. The Balaban J connectivity index is 2.26. The smallest absolute Gasteiger partial charge is 0.335 e. The molecule has 2 rings (SSSR count). The van der Waals surface area contributed by atoms with Crippen LogP contribution < -0.4 is 10.2 Å². The molecule has 0 radical (unpaired) electrons. The quantitative estimate of drug-likeness (QED) is 0.785. The number of carboxylic acid groups (broad SMARTS) is 1. The highest BCUT2D eigenvalue weighted by atomic mass is 19.1. The fraction of sp³-hybridized carbons (Fsp3) is 0.273. The van der Waals surface area contributed by atoms with Crippen molar-refractivity contribution in [1.82, 2.24) is 5.32 Å². The van der Waals surface area contributed by atoms with Crippen molar-refractivity contribution in [3.05, 3.63) is 29.6 Å². The first-order valence-corrected chi connectivity index (χ1v) is 5.12. The van der Waals surface area contributed by atoms with Crippen LogP contribution >= 0.6 is 0 Å². The lowest BCUT2D eigenvalue weighted by Crippen LogP contribution is -2.48. The molecule has 1 aliphatic rings. The third-order valence-corrected chi connectivity index (χ3v) is 2.57. The SMILES string of the molecule is O=C1CN(c2ccc(C(=O)O)cc2F)CCN1. The van der Waals surface area contributed by atoms with Crippen LogP contribution in [0.4, 0.5) is 10.1 Å². The van der Waals surface area contributed by atoms with Crippen molar-refractivity contribution in [2.24, 2.45) is 0 Å². The number of hydrogen-bond acceptors (Lipinski definition) is 3. The second-order valence-corrected chi connectivity index (χ2v) is 3.74. The largest absolute Gasteiger partial charge is 0.478 e. The summed E-state index contributed by atoms with van der Waals surface area (Å²) < 4.78 is 13.7. The molecule has 0 atom stereocenters. The van der Waals surface area contributed by atoms with Crippen LogP contribution in [-0.2, 0) is 4.79 Å². The lowest BCUT2D eigenvalue weighted by molar-refractivity contribution is -0.120. The van der Waals surface area contributed by atoms with E-state index in [-0.39, 0.29) is 23.7 Å². The van der Waals surface area contributed by atoms with Crippen LogP contribution in [0.15, 0.2) is 18.2 Å². The summed E-state index contributed by atoms with van der Waals surface area (Å²) in [4.78, 5) is 23.4. The van der Waals surface area contributed by atoms with E-state index < -0.39 is 11.8 Å². The van der Waals surface area contributed by atoms with Gasteiger partial charge < -0.3 is 15.3 Å². The highest BCUT2D eigenvalue weighted by Crippen LogP contribution is 2.21. The second kappa shape index (κ2) is 4.40. The van der Waals surface area contributed by atoms with Gasteiger partial charge in [-0.05, 0) is 18.2 Å². The number of aromatic carboxylic acids is 1. The minimum Gasteiger partial charge on any atom is -0.478 e. The maximum atomic E-state index is 13.7. The molecule has 6 heteroatoms. The van der Waals surface area contributed by atoms with E-state index in [0.717, 1.165) is 6.07 Å². The van der Waals surface area contributed by atoms with E-state index in [4.69, 9.17) is 5.11 Å². The minimum atomic E-state index is -1.17. The number of carbonyl (C=O) groups is 2. The van der Waals surface area contributed by atoms with Gasteiger partial charge in [-0.1, -0.05) is 0 Å². The molecule has 1 fully saturated rings. The van der Waals surface area contributed by atoms with E-state index in [0.29, 0.717) is 13.1 Å². The topological polar surface area (TPSA) is 69.6 Å². The van der Waals surface area contributed by atoms with Crippen LogP contribution in [0.25, 0.3) is 0 Å². The van der Waals surface area contributed by atoms with Crippen molar-refractivity contribution in [1.29, 1.82) is 0 Å². The monoisotopic (exact) mass is 238 g/mol. The highest BCUT2D eigenvalue weighted by molar-refractivity contribution is 5.88. The zero-order valence-electron chi connectivity index (χ0n) is 8.94. The van der Waals surface area contributed by atoms with Gasteiger partial charge in [-0.25, -0.2) is 9.18 Å². The van der Waals surface area contributed by atoms with E-state index >= 15 is 0 Å². The number of hydrogen-bond donors (Lipinski definition) is 2. The van der Waals surface area contributed by atoms with E-state index in [1.54, 1.807) is 4.90 Å². The first-order valence-electron chi connectivity index (χ1n) is 5.12. The Kier molecular flexibility index (Phi) is 2.95. The van der Waals surface area contributed by atoms with E-state index in [2.05, 4.69) is 5.32 Å². The molecule has 1 heterocycles. The average Bonchev–Trinajstić information content (AvgIpc) is 2.28. The van der Waals surface area contributed by atoms with Gasteiger partial charge in [0.05, 0.1) is 17.8 Å². The summed E-state index contributed by atoms with van der Waals surface area (Å²) in [5, 5.41) is 11.3. The molecule has 0 saturated carbocycles. The van der Waals surface area contributed by atoms with Gasteiger partial charge in [-0.15, -0.1) is 0 Å². The normalized spacial score (nSPS) is 15.6. The first kappa shape index (κ1) is 11.4. The number of carbonyl (C=O) groups excluding carboxylic acids is 1. The molecule has 2 N–H and O–H groups in total. The number of rotatable bonds is 2. The van der Waals surface area contributed by atoms with Crippen molar-refractivity contribution < 1.29 is 19.1 Å². The van der Waals surface area contributed by atoms with Crippen LogP contribution in [-0.4, -0.2) is 36.6 Å². The Morgan fingerprint density at radius 1 is 1.47 bits per heavy atom. The predicted molar refractivity (Wildman–Crippen MR) is 58.6 cm³/mol. The van der Waals surface area contributed by atoms with Crippen LogP contribution in [0, 0.1) is 5.82 Å². The Hall–Kier alpha value is -2.11. The average molecular weight is 238 g/mol. The number of halogens is 1. The van der Waals surface area contributed by atoms with Gasteiger partial charge in [0.1, 0.15) is 5.82 Å². The predicted octanol–water partition coefficient (Wildman–Crippen LogP) is 0.460. The third-order valence-electron chi connectivity index (χ3n) is 2.57. The summed E-state index contributed by atoms with van der Waals surface area (Å²) >= 11 is 0. The Morgan fingerprint density at radius 2 is 2.24 bits per heavy atom. The molecule has 90 valence electrons. The maximum absolute atomic E-state index is 13.7. The van der Waals surface area contributed by atoms with Gasteiger partial charge in [-0.2, -0.15) is 0 Å². The van der Waals surface area contributed by atoms with Crippen LogP contribution in [0.5, 0.6) is 0 Å². The van der Waals surface area contributed by atoms with Gasteiger partial charge in [0.15, 0.2) is 0 Å². The van der Waals surface area contributed by atoms with Crippen molar-refractivity contribution in [3.63, 3.8) is 0 Å². The molecular weight excluding hydrogens is 227 g/mol. The number of piperazine rings is 1. The molecule has 17 heavy (non-hydrogen) atoms. The number of carboxylic acids is 1. The molecule has 0 aromatic heterocycles. The van der Waals surface area contributed by atoms with Gasteiger partial charge in [0.25, 0.3) is 0 Å². The number of anilines is 1. The van der Waals surface area contributed by atoms with E-state index in [1.807, 2.05) is 0 Å². The zero-order chi connectivity index (χ0) is 12.4. The Bertz CT molecular complexity index is 476. The lowest BCUT2D eigenvalue weighted by Gasteiger charge is -2.28. The molecule has 1 aromatic rings. The molecule has 1 aromatic carbocycles. The second-order valence-electron chi connectivity index (χ2n) is 3.74. The van der Waals surface area contributed by atoms with Crippen LogP contribution in [0.1, 0.15) is 10.4 Å². The summed E-state index contributed by atoms with van der Waals surface area (Å²) in [6, 6.07) is 3.68. The summed E-state index contributed by atoms with van der Waals surface area (Å²) in [6.07, 6.45) is 0. The summed E-state index contributed by atoms with van der Waals surface area (Å²) in [5.41, 5.74) is 0.151. The van der Waals surface area contributed by atoms with Crippen molar-refractivity contribution in [2.45, 2.75) is 0 Å². The van der Waals surface area contributed by atoms with Crippen molar-refractivity contribution in [3.8, 4) is 0 Å². The third kappa shape index (κ3) is 2.35. The van der Waals surface area contributed by atoms with Crippen LogP contribution in [0.3, 0.4) is 0 Å². The van der Waals surface area contributed by atoms with Crippen LogP contribution in [0.2, 0.25) is 0 Å². The number of benzene rings is 1. The summed E-state index contributed by atoms with van der Waals surface area (Å²) in [6.45, 7) is 1.05. The first-order chi connectivity index (χ1) is 8.08. The maximum Gasteiger partial charge on any atom is 0.335 e. The molecule has 0 unspecified atom stereocenters. The summed E-state index contributed by atoms with van der Waals surface area (Å²) in [5.74, 6) is -1.97. The van der Waals surface area contributed by atoms with Gasteiger partial charge in [-0.3, -0.25) is 4.79 Å². The highest BCUT2D eigenvalue weighted by Gasteiger charge is 2.19. The molecule has 1 saturated heterocycles. The lowest BCUT2D eigenvalue weighted by atomic mass is 10.1. The molecule has 1 aliphatic heterocycles. The fourth-order valence-electron chi connectivity index (χ4n) is 1.74. The molecule has 0 aliphatic carbocycles. The molecule has 0 spiro atoms. The van der Waals surface area contributed by atoms with Gasteiger partial charge in [0.2, 0.25) is 5.91 Å². The summed E-state index contributed by atoms with van der Waals surface area (Å²) in [7, 11) is 0. The standard InChI is InChI=1S/C11H11FN2O3/c12-8-5-7(11(16)17)1-2-9(8)14-4-3-13-10(15)6-14/h1-2,5H,3-4,6H2,(H,13,15)(H,16,17). The van der Waals surface area contributed by atoms with E-state index in [1.165, 1.54) is 12.1 Å². The van der Waals surface area contributed by atoms with E-state index in [9.17, 15) is 14.0 Å². The van der Waals surface area contributed by atoms with Crippen molar-refractivity contribution >= 4 is 17.6 Å². The van der Waals surface area contributed by atoms with Gasteiger partial charge >= 0.3 is 5.97 Å². The number of nitrogens with zero attached hydrogens (tertiary/aromatic N) is 1. The van der Waals surface area contributed by atoms with Crippen molar-refractivity contribution in [2.75, 3.05) is 24.5 Å². The molecule has 0 bridgehead atoms. The minimum absolute atomic E-state index is 0.0866. The molecule has 5 nitrogen and oxygen atoms in total. The number of amides is 1. The molecule has 1 amide bonds.